The SMILES string of the molecule is CC(C)NC(=O)C(=O)N1CCN(C(=O)c2ccc(OC3CCCC3)cc2)CC1. The number of hydrogen-bond donors (Lipinski definition) is 1. The molecule has 1 heterocycles. The first-order valence-corrected chi connectivity index (χ1v) is 10.1. The molecule has 28 heavy (non-hydrogen) atoms. The maximum absolute atomic E-state index is 12.7. The van der Waals surface area contributed by atoms with Crippen LogP contribution in [-0.2, 0) is 9.59 Å². The van der Waals surface area contributed by atoms with Crippen molar-refractivity contribution >= 4 is 17.7 Å². The fourth-order valence-electron chi connectivity index (χ4n) is 3.64. The molecule has 7 nitrogen and oxygen atoms in total. The molecule has 0 bridgehead atoms. The monoisotopic (exact) mass is 387 g/mol. The van der Waals surface area contributed by atoms with E-state index in [1.165, 1.54) is 17.7 Å². The first-order chi connectivity index (χ1) is 13.4. The van der Waals surface area contributed by atoms with Crippen LogP contribution in [0.1, 0.15) is 49.9 Å². The van der Waals surface area contributed by atoms with Gasteiger partial charge in [0.25, 0.3) is 5.91 Å². The van der Waals surface area contributed by atoms with Crippen LogP contribution in [0.5, 0.6) is 5.75 Å². The zero-order valence-corrected chi connectivity index (χ0v) is 16.6. The number of ether oxygens (including phenoxy) is 1. The van der Waals surface area contributed by atoms with E-state index in [9.17, 15) is 14.4 Å². The molecule has 0 aromatic heterocycles. The van der Waals surface area contributed by atoms with E-state index in [2.05, 4.69) is 5.32 Å². The highest BCUT2D eigenvalue weighted by atomic mass is 16.5. The van der Waals surface area contributed by atoms with E-state index in [4.69, 9.17) is 4.74 Å². The Bertz CT molecular complexity index is 703. The highest BCUT2D eigenvalue weighted by Crippen LogP contribution is 2.24. The van der Waals surface area contributed by atoms with Gasteiger partial charge in [-0.15, -0.1) is 0 Å². The van der Waals surface area contributed by atoms with Gasteiger partial charge in [-0.25, -0.2) is 0 Å². The molecular weight excluding hydrogens is 358 g/mol. The van der Waals surface area contributed by atoms with Crippen molar-refractivity contribution in [3.63, 3.8) is 0 Å². The summed E-state index contributed by atoms with van der Waals surface area (Å²) in [4.78, 5) is 39.9. The Balaban J connectivity index is 1.50. The fourth-order valence-corrected chi connectivity index (χ4v) is 3.64. The molecule has 1 aromatic rings. The third kappa shape index (κ3) is 5.03. The maximum Gasteiger partial charge on any atom is 0.312 e. The second-order valence-electron chi connectivity index (χ2n) is 7.76. The van der Waals surface area contributed by atoms with E-state index in [-0.39, 0.29) is 11.9 Å². The summed E-state index contributed by atoms with van der Waals surface area (Å²) < 4.78 is 5.94. The van der Waals surface area contributed by atoms with Crippen LogP contribution in [-0.4, -0.2) is 65.8 Å². The number of carbonyl (C=O) groups is 3. The van der Waals surface area contributed by atoms with Gasteiger partial charge in [0.2, 0.25) is 0 Å². The molecule has 2 aliphatic rings. The lowest BCUT2D eigenvalue weighted by Crippen LogP contribution is -2.54. The molecule has 7 heteroatoms. The quantitative estimate of drug-likeness (QED) is 0.800. The molecule has 1 aliphatic heterocycles. The summed E-state index contributed by atoms with van der Waals surface area (Å²) in [5, 5.41) is 2.61. The molecule has 3 rings (SSSR count). The predicted molar refractivity (Wildman–Crippen MR) is 105 cm³/mol. The van der Waals surface area contributed by atoms with Crippen molar-refractivity contribution < 1.29 is 19.1 Å². The van der Waals surface area contributed by atoms with Crippen molar-refractivity contribution in [2.45, 2.75) is 51.7 Å². The lowest BCUT2D eigenvalue weighted by molar-refractivity contribution is -0.147. The minimum atomic E-state index is -0.590. The molecule has 1 aliphatic carbocycles. The number of piperazine rings is 1. The van der Waals surface area contributed by atoms with Gasteiger partial charge in [-0.05, 0) is 63.8 Å². The molecule has 1 saturated heterocycles. The van der Waals surface area contributed by atoms with Crippen LogP contribution in [0.25, 0.3) is 0 Å². The second kappa shape index (κ2) is 9.08. The van der Waals surface area contributed by atoms with Gasteiger partial charge in [0.1, 0.15) is 5.75 Å². The molecule has 3 amide bonds. The number of benzene rings is 1. The zero-order valence-electron chi connectivity index (χ0n) is 16.6. The topological polar surface area (TPSA) is 79.0 Å². The first kappa shape index (κ1) is 20.2. The molecule has 1 N–H and O–H groups in total. The van der Waals surface area contributed by atoms with Crippen molar-refractivity contribution in [3.8, 4) is 5.75 Å². The molecular formula is C21H29N3O4. The molecule has 0 radical (unpaired) electrons. The van der Waals surface area contributed by atoms with Crippen LogP contribution < -0.4 is 10.1 Å². The van der Waals surface area contributed by atoms with E-state index >= 15 is 0 Å². The van der Waals surface area contributed by atoms with Crippen LogP contribution in [0.3, 0.4) is 0 Å². The van der Waals surface area contributed by atoms with Gasteiger partial charge in [0.15, 0.2) is 0 Å². The lowest BCUT2D eigenvalue weighted by atomic mass is 10.1. The van der Waals surface area contributed by atoms with Gasteiger partial charge in [-0.3, -0.25) is 14.4 Å². The van der Waals surface area contributed by atoms with Crippen LogP contribution in [0.2, 0.25) is 0 Å². The van der Waals surface area contributed by atoms with Gasteiger partial charge < -0.3 is 19.9 Å². The Morgan fingerprint density at radius 2 is 1.54 bits per heavy atom. The standard InChI is InChI=1S/C21H29N3O4/c1-15(2)22-19(25)21(27)24-13-11-23(12-14-24)20(26)16-7-9-18(10-8-16)28-17-5-3-4-6-17/h7-10,15,17H,3-6,11-14H2,1-2H3,(H,22,25). The Hall–Kier alpha value is -2.57. The van der Waals surface area contributed by atoms with Gasteiger partial charge in [0, 0.05) is 37.8 Å². The number of hydrogen-bond acceptors (Lipinski definition) is 4. The maximum atomic E-state index is 12.7. The summed E-state index contributed by atoms with van der Waals surface area (Å²) in [6, 6.07) is 7.20. The molecule has 152 valence electrons. The van der Waals surface area contributed by atoms with Crippen LogP contribution in [0, 0.1) is 0 Å². The molecule has 2 fully saturated rings. The van der Waals surface area contributed by atoms with Gasteiger partial charge in [0.05, 0.1) is 6.10 Å². The summed E-state index contributed by atoms with van der Waals surface area (Å²) in [5.74, 6) is -0.386. The Kier molecular flexibility index (Phi) is 6.54. The Morgan fingerprint density at radius 1 is 0.964 bits per heavy atom. The van der Waals surface area contributed by atoms with Crippen LogP contribution >= 0.6 is 0 Å². The van der Waals surface area contributed by atoms with Crippen molar-refractivity contribution in [1.29, 1.82) is 0 Å². The number of carbonyl (C=O) groups excluding carboxylic acids is 3. The van der Waals surface area contributed by atoms with Crippen molar-refractivity contribution in [3.05, 3.63) is 29.8 Å². The number of rotatable bonds is 4. The highest BCUT2D eigenvalue weighted by Gasteiger charge is 2.28. The summed E-state index contributed by atoms with van der Waals surface area (Å²) in [5.41, 5.74) is 0.607. The predicted octanol–water partition coefficient (Wildman–Crippen LogP) is 1.82. The van der Waals surface area contributed by atoms with Crippen molar-refractivity contribution in [1.82, 2.24) is 15.1 Å². The van der Waals surface area contributed by atoms with E-state index in [0.29, 0.717) is 37.8 Å². The minimum Gasteiger partial charge on any atom is -0.490 e. The number of nitrogens with zero attached hydrogens (tertiary/aromatic N) is 2. The summed E-state index contributed by atoms with van der Waals surface area (Å²) in [6.07, 6.45) is 4.92. The van der Waals surface area contributed by atoms with Gasteiger partial charge >= 0.3 is 11.8 Å². The average Bonchev–Trinajstić information content (AvgIpc) is 3.20. The van der Waals surface area contributed by atoms with Crippen LogP contribution in [0.15, 0.2) is 24.3 Å². The summed E-state index contributed by atoms with van der Waals surface area (Å²) in [7, 11) is 0. The average molecular weight is 387 g/mol. The Morgan fingerprint density at radius 3 is 2.11 bits per heavy atom. The third-order valence-electron chi connectivity index (χ3n) is 5.17. The fraction of sp³-hybridized carbons (Fsp3) is 0.571. The zero-order chi connectivity index (χ0) is 20.1. The summed E-state index contributed by atoms with van der Waals surface area (Å²) >= 11 is 0. The molecule has 0 unspecified atom stereocenters. The number of nitrogens with one attached hydrogen (secondary N) is 1. The molecule has 0 spiro atoms. The van der Waals surface area contributed by atoms with E-state index in [1.807, 2.05) is 26.0 Å². The van der Waals surface area contributed by atoms with Crippen molar-refractivity contribution in [2.24, 2.45) is 0 Å². The first-order valence-electron chi connectivity index (χ1n) is 10.1. The normalized spacial score (nSPS) is 17.7. The number of amides is 3. The van der Waals surface area contributed by atoms with Gasteiger partial charge in [-0.1, -0.05) is 0 Å². The van der Waals surface area contributed by atoms with E-state index in [0.717, 1.165) is 18.6 Å². The smallest absolute Gasteiger partial charge is 0.312 e. The van der Waals surface area contributed by atoms with E-state index < -0.39 is 11.8 Å². The lowest BCUT2D eigenvalue weighted by Gasteiger charge is -2.34. The van der Waals surface area contributed by atoms with Crippen LogP contribution in [0.4, 0.5) is 0 Å². The van der Waals surface area contributed by atoms with E-state index in [1.54, 1.807) is 17.0 Å². The minimum absolute atomic E-state index is 0.0638. The third-order valence-corrected chi connectivity index (χ3v) is 5.17. The second-order valence-corrected chi connectivity index (χ2v) is 7.76. The molecule has 1 aromatic carbocycles. The largest absolute Gasteiger partial charge is 0.490 e. The molecule has 0 atom stereocenters. The highest BCUT2D eigenvalue weighted by molar-refractivity contribution is 6.35. The van der Waals surface area contributed by atoms with Gasteiger partial charge in [-0.2, -0.15) is 0 Å². The molecule has 1 saturated carbocycles. The Labute approximate surface area is 166 Å². The summed E-state index contributed by atoms with van der Waals surface area (Å²) in [6.45, 7) is 5.18. The van der Waals surface area contributed by atoms with Crippen molar-refractivity contribution in [2.75, 3.05) is 26.2 Å².